The van der Waals surface area contributed by atoms with Gasteiger partial charge >= 0.3 is 5.97 Å². The highest BCUT2D eigenvalue weighted by atomic mass is 16.5. The fourth-order valence-corrected chi connectivity index (χ4v) is 4.12. The summed E-state index contributed by atoms with van der Waals surface area (Å²) in [7, 11) is 0. The minimum atomic E-state index is -0.245. The summed E-state index contributed by atoms with van der Waals surface area (Å²) < 4.78 is 13.1. The molecule has 3 aromatic heterocycles. The molecular formula is C28H26N4O3. The Morgan fingerprint density at radius 1 is 0.943 bits per heavy atom. The van der Waals surface area contributed by atoms with Crippen molar-refractivity contribution in [3.63, 3.8) is 0 Å². The normalized spacial score (nSPS) is 11.1. The molecule has 0 unspecified atom stereocenters. The molecule has 7 heteroatoms. The van der Waals surface area contributed by atoms with Crippen molar-refractivity contribution in [2.45, 2.75) is 39.9 Å². The molecule has 5 rings (SSSR count). The minimum Gasteiger partial charge on any atom is -0.487 e. The zero-order valence-corrected chi connectivity index (χ0v) is 19.8. The fourth-order valence-electron chi connectivity index (χ4n) is 4.12. The Balaban J connectivity index is 1.16. The van der Waals surface area contributed by atoms with Crippen LogP contribution >= 0.6 is 0 Å². The first kappa shape index (κ1) is 22.5. The number of fused-ring (bicyclic) bond motifs is 3. The molecular weight excluding hydrogens is 440 g/mol. The molecule has 5 aromatic rings. The summed E-state index contributed by atoms with van der Waals surface area (Å²) in [5, 5.41) is 5.71. The van der Waals surface area contributed by atoms with Gasteiger partial charge in [0.25, 0.3) is 0 Å². The first-order valence-corrected chi connectivity index (χ1v) is 11.6. The largest absolute Gasteiger partial charge is 0.487 e. The average molecular weight is 467 g/mol. The smallest absolute Gasteiger partial charge is 0.306 e. The first-order chi connectivity index (χ1) is 17.1. The number of pyridine rings is 1. The molecule has 2 aromatic carbocycles. The second-order valence-corrected chi connectivity index (χ2v) is 8.43. The lowest BCUT2D eigenvalue weighted by Crippen LogP contribution is -2.10. The van der Waals surface area contributed by atoms with Crippen LogP contribution in [0.3, 0.4) is 0 Å². The molecule has 0 saturated heterocycles. The molecule has 0 spiro atoms. The molecule has 176 valence electrons. The van der Waals surface area contributed by atoms with Gasteiger partial charge in [-0.25, -0.2) is 9.50 Å². The number of hydrogen-bond donors (Lipinski definition) is 0. The Morgan fingerprint density at radius 3 is 2.54 bits per heavy atom. The van der Waals surface area contributed by atoms with Crippen molar-refractivity contribution < 1.29 is 14.3 Å². The van der Waals surface area contributed by atoms with E-state index in [0.717, 1.165) is 50.5 Å². The van der Waals surface area contributed by atoms with Gasteiger partial charge < -0.3 is 9.47 Å². The number of aromatic nitrogens is 4. The van der Waals surface area contributed by atoms with Gasteiger partial charge in [0.1, 0.15) is 19.0 Å². The predicted octanol–water partition coefficient (Wildman–Crippen LogP) is 5.15. The molecule has 0 aliphatic carbocycles. The quantitative estimate of drug-likeness (QED) is 0.294. The topological polar surface area (TPSA) is 78.6 Å². The number of rotatable bonds is 8. The van der Waals surface area contributed by atoms with Crippen LogP contribution in [0.15, 0.2) is 72.9 Å². The van der Waals surface area contributed by atoms with Crippen LogP contribution < -0.4 is 4.74 Å². The number of ether oxygens (including phenoxy) is 2. The fraction of sp³-hybridized carbons (Fsp3) is 0.214. The summed E-state index contributed by atoms with van der Waals surface area (Å²) in [5.41, 5.74) is 6.46. The van der Waals surface area contributed by atoms with E-state index in [0.29, 0.717) is 13.0 Å². The van der Waals surface area contributed by atoms with Crippen LogP contribution in [-0.4, -0.2) is 25.6 Å². The third-order valence-corrected chi connectivity index (χ3v) is 6.03. The molecule has 0 fully saturated rings. The van der Waals surface area contributed by atoms with Crippen molar-refractivity contribution in [1.82, 2.24) is 19.6 Å². The van der Waals surface area contributed by atoms with E-state index in [-0.39, 0.29) is 19.0 Å². The maximum Gasteiger partial charge on any atom is 0.306 e. The number of carbonyl (C=O) groups excluding carboxylic acids is 1. The molecule has 0 radical (unpaired) electrons. The van der Waals surface area contributed by atoms with E-state index >= 15 is 0 Å². The third-order valence-electron chi connectivity index (χ3n) is 6.03. The van der Waals surface area contributed by atoms with Gasteiger partial charge in [-0.3, -0.25) is 9.78 Å². The molecule has 0 amide bonds. The van der Waals surface area contributed by atoms with Crippen molar-refractivity contribution in [3.8, 4) is 5.75 Å². The molecule has 35 heavy (non-hydrogen) atoms. The molecule has 0 bridgehead atoms. The van der Waals surface area contributed by atoms with E-state index in [1.807, 2.05) is 85.1 Å². The number of aryl methyl sites for hydroxylation is 2. The summed E-state index contributed by atoms with van der Waals surface area (Å²) >= 11 is 0. The Labute approximate surface area is 203 Å². The minimum absolute atomic E-state index is 0.221. The lowest BCUT2D eigenvalue weighted by Gasteiger charge is -2.11. The van der Waals surface area contributed by atoms with E-state index in [2.05, 4.69) is 10.1 Å². The zero-order valence-electron chi connectivity index (χ0n) is 19.8. The number of hydrogen-bond acceptors (Lipinski definition) is 6. The van der Waals surface area contributed by atoms with Crippen LogP contribution in [0.5, 0.6) is 5.75 Å². The van der Waals surface area contributed by atoms with Crippen molar-refractivity contribution in [3.05, 3.63) is 101 Å². The van der Waals surface area contributed by atoms with Crippen molar-refractivity contribution in [2.24, 2.45) is 0 Å². The second kappa shape index (κ2) is 9.93. The Morgan fingerprint density at radius 2 is 1.74 bits per heavy atom. The zero-order chi connectivity index (χ0) is 24.2. The Hall–Kier alpha value is -4.26. The van der Waals surface area contributed by atoms with Gasteiger partial charge in [-0.15, -0.1) is 0 Å². The Kier molecular flexibility index (Phi) is 6.39. The van der Waals surface area contributed by atoms with E-state index in [4.69, 9.17) is 14.5 Å². The van der Waals surface area contributed by atoms with Crippen LogP contribution in [-0.2, 0) is 29.2 Å². The van der Waals surface area contributed by atoms with Crippen molar-refractivity contribution in [1.29, 1.82) is 0 Å². The van der Waals surface area contributed by atoms with Crippen LogP contribution in [0, 0.1) is 13.8 Å². The summed E-state index contributed by atoms with van der Waals surface area (Å²) in [4.78, 5) is 21.5. The maximum absolute atomic E-state index is 12.4. The third kappa shape index (κ3) is 4.99. The highest BCUT2D eigenvalue weighted by molar-refractivity contribution is 5.92. The maximum atomic E-state index is 12.4. The van der Waals surface area contributed by atoms with Gasteiger partial charge in [-0.1, -0.05) is 30.3 Å². The average Bonchev–Trinajstić information content (AvgIpc) is 3.26. The van der Waals surface area contributed by atoms with Gasteiger partial charge in [0.2, 0.25) is 0 Å². The van der Waals surface area contributed by atoms with Crippen LogP contribution in [0.2, 0.25) is 0 Å². The highest BCUT2D eigenvalue weighted by Gasteiger charge is 2.15. The SMILES string of the molecule is Cc1nc2c3ccccc3nn2c(C)c1CCC(=O)OCc1ccc(OCc2ccccn2)cc1. The standard InChI is InChI=1S/C28H26N4O3/c1-19-24(20(2)32-28(30-19)25-8-3-4-9-26(25)31-32)14-15-27(33)35-17-21-10-12-23(13-11-21)34-18-22-7-5-6-16-29-22/h3-13,16H,14-15,17-18H2,1-2H3. The molecule has 0 aliphatic rings. The molecule has 0 saturated carbocycles. The molecule has 3 heterocycles. The van der Waals surface area contributed by atoms with E-state index < -0.39 is 0 Å². The van der Waals surface area contributed by atoms with E-state index in [1.54, 1.807) is 6.20 Å². The highest BCUT2D eigenvalue weighted by Crippen LogP contribution is 2.23. The van der Waals surface area contributed by atoms with Gasteiger partial charge in [-0.2, -0.15) is 5.10 Å². The molecule has 7 nitrogen and oxygen atoms in total. The number of nitrogens with zero attached hydrogens (tertiary/aromatic N) is 4. The van der Waals surface area contributed by atoms with Gasteiger partial charge in [-0.05, 0) is 67.8 Å². The summed E-state index contributed by atoms with van der Waals surface area (Å²) in [5.74, 6) is 0.496. The van der Waals surface area contributed by atoms with Crippen molar-refractivity contribution in [2.75, 3.05) is 0 Å². The predicted molar refractivity (Wildman–Crippen MR) is 133 cm³/mol. The van der Waals surface area contributed by atoms with Crippen molar-refractivity contribution >= 4 is 22.5 Å². The van der Waals surface area contributed by atoms with Crippen LogP contribution in [0.25, 0.3) is 16.6 Å². The van der Waals surface area contributed by atoms with E-state index in [9.17, 15) is 4.79 Å². The lowest BCUT2D eigenvalue weighted by atomic mass is 10.1. The van der Waals surface area contributed by atoms with Gasteiger partial charge in [0.05, 0.1) is 11.2 Å². The second-order valence-electron chi connectivity index (χ2n) is 8.43. The Bertz CT molecular complexity index is 1480. The van der Waals surface area contributed by atoms with Crippen LogP contribution in [0.1, 0.15) is 34.6 Å². The first-order valence-electron chi connectivity index (χ1n) is 11.6. The van der Waals surface area contributed by atoms with Gasteiger partial charge in [0.15, 0.2) is 5.65 Å². The summed E-state index contributed by atoms with van der Waals surface area (Å²) in [6.07, 6.45) is 2.57. The van der Waals surface area contributed by atoms with E-state index in [1.165, 1.54) is 0 Å². The molecule has 0 aliphatic heterocycles. The number of esters is 1. The molecule has 0 atom stereocenters. The van der Waals surface area contributed by atoms with Gasteiger partial charge in [0, 0.05) is 29.4 Å². The monoisotopic (exact) mass is 466 g/mol. The molecule has 0 N–H and O–H groups in total. The lowest BCUT2D eigenvalue weighted by molar-refractivity contribution is -0.144. The number of benzene rings is 2. The van der Waals surface area contributed by atoms with Crippen LogP contribution in [0.4, 0.5) is 0 Å². The summed E-state index contributed by atoms with van der Waals surface area (Å²) in [6.45, 7) is 4.63. The summed E-state index contributed by atoms with van der Waals surface area (Å²) in [6, 6.07) is 21.2. The number of carbonyl (C=O) groups is 1.